The first-order chi connectivity index (χ1) is 13.1. The van der Waals surface area contributed by atoms with Gasteiger partial charge in [-0.05, 0) is 35.8 Å². The number of unbranched alkanes of at least 4 members (excludes halogenated alkanes) is 1. The minimum absolute atomic E-state index is 0.149. The van der Waals surface area contributed by atoms with Gasteiger partial charge in [-0.25, -0.2) is 0 Å². The summed E-state index contributed by atoms with van der Waals surface area (Å²) in [6.45, 7) is 2.62. The Kier molecular flexibility index (Phi) is 6.53. The predicted molar refractivity (Wildman–Crippen MR) is 114 cm³/mol. The molecule has 0 unspecified atom stereocenters. The van der Waals surface area contributed by atoms with E-state index in [1.165, 1.54) is 11.8 Å². The monoisotopic (exact) mass is 399 g/mol. The third-order valence-corrected chi connectivity index (χ3v) is 5.27. The highest BCUT2D eigenvalue weighted by Gasteiger charge is 2.22. The van der Waals surface area contributed by atoms with Gasteiger partial charge in [-0.15, -0.1) is 0 Å². The number of phenolic OH excluding ortho intramolecular Hbond substituents is 1. The molecule has 0 spiro atoms. The Morgan fingerprint density at radius 3 is 2.70 bits per heavy atom. The third kappa shape index (κ3) is 5.11. The number of amides is 1. The van der Waals surface area contributed by atoms with E-state index in [4.69, 9.17) is 17.0 Å². The lowest BCUT2D eigenvalue weighted by atomic mass is 10.0. The number of hydrogen-bond acceptors (Lipinski definition) is 5. The Bertz CT molecular complexity index is 878. The van der Waals surface area contributed by atoms with Crippen molar-refractivity contribution in [2.45, 2.75) is 26.2 Å². The van der Waals surface area contributed by atoms with Crippen molar-refractivity contribution >= 4 is 40.3 Å². The van der Waals surface area contributed by atoms with Crippen molar-refractivity contribution in [2.75, 3.05) is 6.61 Å². The molecule has 1 saturated heterocycles. The molecule has 1 fully saturated rings. The Labute approximate surface area is 168 Å². The number of phenols is 1. The van der Waals surface area contributed by atoms with E-state index in [0.29, 0.717) is 28.0 Å². The topological polar surface area (TPSA) is 58.6 Å². The van der Waals surface area contributed by atoms with Crippen molar-refractivity contribution < 1.29 is 14.6 Å². The highest BCUT2D eigenvalue weighted by molar-refractivity contribution is 8.26. The maximum absolute atomic E-state index is 12.0. The second kappa shape index (κ2) is 9.06. The molecule has 1 aliphatic rings. The number of carbonyl (C=O) groups is 1. The van der Waals surface area contributed by atoms with Crippen LogP contribution in [-0.2, 0) is 11.2 Å². The number of carbonyl (C=O) groups excluding carboxylic acids is 1. The SMILES string of the molecule is CCCCOc1cc(C=C2SC(=S)NC2=O)cc(Cc2ccccc2)c1O. The molecule has 0 aliphatic carbocycles. The van der Waals surface area contributed by atoms with Crippen molar-refractivity contribution in [3.8, 4) is 11.5 Å². The van der Waals surface area contributed by atoms with E-state index in [1.54, 1.807) is 12.1 Å². The number of thiocarbonyl (C=S) groups is 1. The molecule has 140 valence electrons. The molecule has 4 nitrogen and oxygen atoms in total. The summed E-state index contributed by atoms with van der Waals surface area (Å²) in [6.07, 6.45) is 4.27. The molecule has 2 aromatic carbocycles. The number of thioether (sulfide) groups is 1. The highest BCUT2D eigenvalue weighted by atomic mass is 32.2. The average Bonchev–Trinajstić information content (AvgIpc) is 2.96. The molecule has 6 heteroatoms. The Morgan fingerprint density at radius 2 is 2.04 bits per heavy atom. The van der Waals surface area contributed by atoms with Crippen molar-refractivity contribution in [3.05, 3.63) is 64.1 Å². The fourth-order valence-electron chi connectivity index (χ4n) is 2.73. The van der Waals surface area contributed by atoms with E-state index < -0.39 is 0 Å². The molecule has 3 rings (SSSR count). The molecule has 2 aromatic rings. The highest BCUT2D eigenvalue weighted by Crippen LogP contribution is 2.35. The van der Waals surface area contributed by atoms with Gasteiger partial charge in [-0.3, -0.25) is 4.79 Å². The first kappa shape index (κ1) is 19.5. The molecule has 0 atom stereocenters. The lowest BCUT2D eigenvalue weighted by Gasteiger charge is -2.13. The van der Waals surface area contributed by atoms with Crippen LogP contribution in [0.2, 0.25) is 0 Å². The zero-order valence-corrected chi connectivity index (χ0v) is 16.7. The summed E-state index contributed by atoms with van der Waals surface area (Å²) in [6, 6.07) is 13.6. The van der Waals surface area contributed by atoms with E-state index in [1.807, 2.05) is 36.4 Å². The Hall–Kier alpha value is -2.31. The maximum Gasteiger partial charge on any atom is 0.263 e. The van der Waals surface area contributed by atoms with Gasteiger partial charge in [0.2, 0.25) is 0 Å². The molecular formula is C21H21NO3S2. The second-order valence-corrected chi connectivity index (χ2v) is 7.96. The summed E-state index contributed by atoms with van der Waals surface area (Å²) in [7, 11) is 0. The minimum Gasteiger partial charge on any atom is -0.504 e. The van der Waals surface area contributed by atoms with Crippen molar-refractivity contribution in [1.29, 1.82) is 0 Å². The summed E-state index contributed by atoms with van der Waals surface area (Å²) in [4.78, 5) is 12.5. The van der Waals surface area contributed by atoms with Crippen LogP contribution in [0.1, 0.15) is 36.5 Å². The van der Waals surface area contributed by atoms with Crippen molar-refractivity contribution in [2.24, 2.45) is 0 Å². The number of rotatable bonds is 7. The first-order valence-corrected chi connectivity index (χ1v) is 10.1. The standard InChI is InChI=1S/C21H21NO3S2/c1-2-3-9-25-17-12-15(13-18-20(24)22-21(26)27-18)11-16(19(17)23)10-14-7-5-4-6-8-14/h4-8,11-13,23H,2-3,9-10H2,1H3,(H,22,24,26). The van der Waals surface area contributed by atoms with Crippen molar-refractivity contribution in [3.63, 3.8) is 0 Å². The summed E-state index contributed by atoms with van der Waals surface area (Å²) in [5.41, 5.74) is 2.65. The van der Waals surface area contributed by atoms with Gasteiger partial charge in [0.15, 0.2) is 11.5 Å². The Morgan fingerprint density at radius 1 is 1.26 bits per heavy atom. The molecule has 1 aliphatic heterocycles. The molecule has 1 amide bonds. The first-order valence-electron chi connectivity index (χ1n) is 8.84. The molecule has 0 aromatic heterocycles. The van der Waals surface area contributed by atoms with Crippen LogP contribution < -0.4 is 10.1 Å². The zero-order chi connectivity index (χ0) is 19.2. The van der Waals surface area contributed by atoms with Crippen LogP contribution >= 0.6 is 24.0 Å². The number of nitrogens with one attached hydrogen (secondary N) is 1. The predicted octanol–water partition coefficient (Wildman–Crippen LogP) is 4.65. The van der Waals surface area contributed by atoms with Crippen LogP contribution in [0.3, 0.4) is 0 Å². The second-order valence-electron chi connectivity index (χ2n) is 6.24. The van der Waals surface area contributed by atoms with Crippen LogP contribution in [0, 0.1) is 0 Å². The Balaban J connectivity index is 1.95. The average molecular weight is 400 g/mol. The van der Waals surface area contributed by atoms with Crippen LogP contribution in [0.15, 0.2) is 47.4 Å². The smallest absolute Gasteiger partial charge is 0.263 e. The molecule has 1 heterocycles. The molecule has 0 saturated carbocycles. The molecular weight excluding hydrogens is 378 g/mol. The number of ether oxygens (including phenoxy) is 1. The number of benzene rings is 2. The van der Waals surface area contributed by atoms with E-state index in [9.17, 15) is 9.90 Å². The fraction of sp³-hybridized carbons (Fsp3) is 0.238. The summed E-state index contributed by atoms with van der Waals surface area (Å²) in [5, 5.41) is 13.3. The zero-order valence-electron chi connectivity index (χ0n) is 15.0. The normalized spacial score (nSPS) is 15.2. The third-order valence-electron chi connectivity index (χ3n) is 4.11. The van der Waals surface area contributed by atoms with Gasteiger partial charge in [-0.1, -0.05) is 67.7 Å². The summed E-state index contributed by atoms with van der Waals surface area (Å²) < 4.78 is 6.25. The number of aromatic hydroxyl groups is 1. The fourth-order valence-corrected chi connectivity index (χ4v) is 3.78. The van der Waals surface area contributed by atoms with E-state index in [-0.39, 0.29) is 11.7 Å². The van der Waals surface area contributed by atoms with Gasteiger partial charge in [0, 0.05) is 12.0 Å². The van der Waals surface area contributed by atoms with Gasteiger partial charge in [-0.2, -0.15) is 0 Å². The summed E-state index contributed by atoms with van der Waals surface area (Å²) in [5.74, 6) is 0.391. The van der Waals surface area contributed by atoms with E-state index in [0.717, 1.165) is 29.5 Å². The molecule has 0 radical (unpaired) electrons. The minimum atomic E-state index is -0.198. The summed E-state index contributed by atoms with van der Waals surface area (Å²) >= 11 is 6.28. The largest absolute Gasteiger partial charge is 0.504 e. The van der Waals surface area contributed by atoms with E-state index in [2.05, 4.69) is 12.2 Å². The van der Waals surface area contributed by atoms with Gasteiger partial charge in [0.1, 0.15) is 4.32 Å². The van der Waals surface area contributed by atoms with Gasteiger partial charge >= 0.3 is 0 Å². The van der Waals surface area contributed by atoms with Crippen molar-refractivity contribution in [1.82, 2.24) is 5.32 Å². The number of hydrogen-bond donors (Lipinski definition) is 2. The molecule has 0 bridgehead atoms. The van der Waals surface area contributed by atoms with Crippen LogP contribution in [0.4, 0.5) is 0 Å². The van der Waals surface area contributed by atoms with Crippen LogP contribution in [-0.4, -0.2) is 21.9 Å². The molecule has 2 N–H and O–H groups in total. The van der Waals surface area contributed by atoms with Gasteiger partial charge in [0.25, 0.3) is 5.91 Å². The van der Waals surface area contributed by atoms with Gasteiger partial charge in [0.05, 0.1) is 11.5 Å². The lowest BCUT2D eigenvalue weighted by molar-refractivity contribution is -0.115. The van der Waals surface area contributed by atoms with Gasteiger partial charge < -0.3 is 15.2 Å². The van der Waals surface area contributed by atoms with Crippen LogP contribution in [0.25, 0.3) is 6.08 Å². The molecule has 27 heavy (non-hydrogen) atoms. The van der Waals surface area contributed by atoms with Crippen LogP contribution in [0.5, 0.6) is 11.5 Å². The quantitative estimate of drug-likeness (QED) is 0.403. The maximum atomic E-state index is 12.0. The van der Waals surface area contributed by atoms with E-state index >= 15 is 0 Å². The lowest BCUT2D eigenvalue weighted by Crippen LogP contribution is -2.17.